The van der Waals surface area contributed by atoms with Crippen LogP contribution in [0.1, 0.15) is 53.1 Å². The highest BCUT2D eigenvalue weighted by Gasteiger charge is 2.69. The van der Waals surface area contributed by atoms with E-state index in [1.807, 2.05) is 0 Å². The zero-order valence-electron chi connectivity index (χ0n) is 17.6. The molecule has 5 aliphatic rings. The van der Waals surface area contributed by atoms with Crippen molar-refractivity contribution in [2.45, 2.75) is 47.0 Å². The van der Waals surface area contributed by atoms with Gasteiger partial charge in [-0.15, -0.1) is 13.2 Å². The Kier molecular flexibility index (Phi) is 4.53. The lowest BCUT2D eigenvalue weighted by atomic mass is 9.52. The molecule has 0 amide bonds. The quantitative estimate of drug-likeness (QED) is 0.332. The minimum absolute atomic E-state index is 0. The van der Waals surface area contributed by atoms with Crippen LogP contribution in [0.25, 0.3) is 6.08 Å². The van der Waals surface area contributed by atoms with Crippen LogP contribution in [-0.4, -0.2) is 0 Å². The summed E-state index contributed by atoms with van der Waals surface area (Å²) in [6.45, 7) is 16.2. The Morgan fingerprint density at radius 3 is 1.96 bits per heavy atom. The first-order chi connectivity index (χ1) is 12.9. The Balaban J connectivity index is 0.000000161. The minimum Gasteiger partial charge on any atom is -0.106 e. The Bertz CT molecular complexity index is 734. The monoisotopic (exact) mass is 363 g/mol. The molecule has 6 atom stereocenters. The van der Waals surface area contributed by atoms with Crippen molar-refractivity contribution in [3.05, 3.63) is 66.8 Å². The molecular weight excluding hydrogens is 324 g/mol. The van der Waals surface area contributed by atoms with Gasteiger partial charge in [-0.05, 0) is 76.7 Å². The molecule has 0 aliphatic heterocycles. The molecule has 0 heterocycles. The van der Waals surface area contributed by atoms with Crippen LogP contribution in [0.3, 0.4) is 0 Å². The minimum atomic E-state index is 0. The highest BCUT2D eigenvalue weighted by atomic mass is 14.7. The standard InChI is InChI=1S/C16H24.C9H8.C2H4.H2/c1-15(2)11-8-12(16(15,3)4)14-10-6-5-9(7-10)13(11)14;1-2-5-9-7-3-6-8(9)4-1;1-2;/h5-6,9-14H,7-8H2,1-4H3;1-6H,7H2;1-2H2;1H/i;;;1+1. The van der Waals surface area contributed by atoms with E-state index in [1.165, 1.54) is 24.0 Å². The van der Waals surface area contributed by atoms with E-state index in [0.29, 0.717) is 10.8 Å². The van der Waals surface area contributed by atoms with Crippen molar-refractivity contribution in [1.82, 2.24) is 0 Å². The summed E-state index contributed by atoms with van der Waals surface area (Å²) in [5, 5.41) is 0. The van der Waals surface area contributed by atoms with Gasteiger partial charge in [-0.25, -0.2) is 0 Å². The molecule has 4 bridgehead atoms. The molecule has 146 valence electrons. The average molecular weight is 364 g/mol. The SMILES string of the molecule is C1=Cc2ccccc2C1.C=C.CC1(C)C2CC(C3C4C=CC(C4)C32)C1(C)C.[2HH]. The molecule has 5 aliphatic carbocycles. The highest BCUT2D eigenvalue weighted by Crippen LogP contribution is 2.75. The van der Waals surface area contributed by atoms with Crippen molar-refractivity contribution in [3.8, 4) is 0 Å². The molecule has 6 rings (SSSR count). The highest BCUT2D eigenvalue weighted by molar-refractivity contribution is 5.59. The van der Waals surface area contributed by atoms with E-state index in [0.717, 1.165) is 41.9 Å². The first-order valence-corrected chi connectivity index (χ1v) is 10.8. The van der Waals surface area contributed by atoms with Gasteiger partial charge >= 0.3 is 0 Å². The molecule has 0 aromatic heterocycles. The first kappa shape index (κ1) is 18.8. The van der Waals surface area contributed by atoms with Crippen molar-refractivity contribution in [1.29, 1.82) is 0 Å². The van der Waals surface area contributed by atoms with Gasteiger partial charge in [0.15, 0.2) is 0 Å². The van der Waals surface area contributed by atoms with Crippen molar-refractivity contribution in [2.24, 2.45) is 46.3 Å². The second-order valence-corrected chi connectivity index (χ2v) is 10.3. The maximum absolute atomic E-state index is 3.00. The Morgan fingerprint density at radius 1 is 0.852 bits per heavy atom. The lowest BCUT2D eigenvalue weighted by Crippen LogP contribution is -2.47. The van der Waals surface area contributed by atoms with Gasteiger partial charge in [-0.2, -0.15) is 0 Å². The van der Waals surface area contributed by atoms with Crippen LogP contribution < -0.4 is 0 Å². The Hall–Kier alpha value is -1.56. The van der Waals surface area contributed by atoms with Crippen LogP contribution in [0.2, 0.25) is 0 Å². The topological polar surface area (TPSA) is 0 Å². The molecule has 0 spiro atoms. The van der Waals surface area contributed by atoms with Gasteiger partial charge in [0.25, 0.3) is 0 Å². The van der Waals surface area contributed by atoms with Crippen molar-refractivity contribution >= 4 is 6.08 Å². The van der Waals surface area contributed by atoms with Gasteiger partial charge in [-0.3, -0.25) is 0 Å². The van der Waals surface area contributed by atoms with Gasteiger partial charge in [-0.1, -0.05) is 76.3 Å². The maximum Gasteiger partial charge on any atom is 0 e. The molecule has 0 radical (unpaired) electrons. The van der Waals surface area contributed by atoms with Crippen LogP contribution in [0.5, 0.6) is 0 Å². The van der Waals surface area contributed by atoms with Crippen LogP contribution >= 0.6 is 0 Å². The fourth-order valence-electron chi connectivity index (χ4n) is 7.32. The van der Waals surface area contributed by atoms with Gasteiger partial charge < -0.3 is 0 Å². The Labute approximate surface area is 167 Å². The van der Waals surface area contributed by atoms with E-state index >= 15 is 0 Å². The van der Waals surface area contributed by atoms with Crippen LogP contribution in [0, 0.1) is 46.3 Å². The van der Waals surface area contributed by atoms with Crippen molar-refractivity contribution in [3.63, 3.8) is 0 Å². The summed E-state index contributed by atoms with van der Waals surface area (Å²) < 4.78 is 0. The summed E-state index contributed by atoms with van der Waals surface area (Å²) in [5.41, 5.74) is 3.98. The third kappa shape index (κ3) is 2.55. The number of rotatable bonds is 0. The molecular formula is C27H38. The normalized spacial score (nSPS) is 39.3. The molecule has 1 aromatic carbocycles. The lowest BCUT2D eigenvalue weighted by Gasteiger charge is -2.52. The maximum atomic E-state index is 3.00. The summed E-state index contributed by atoms with van der Waals surface area (Å²) in [4.78, 5) is 0. The molecule has 0 N–H and O–H groups in total. The van der Waals surface area contributed by atoms with E-state index in [-0.39, 0.29) is 1.43 Å². The fraction of sp³-hybridized carbons (Fsp3) is 0.556. The molecule has 0 nitrogen and oxygen atoms in total. The van der Waals surface area contributed by atoms with E-state index < -0.39 is 0 Å². The average Bonchev–Trinajstić information content (AvgIpc) is 3.45. The summed E-state index contributed by atoms with van der Waals surface area (Å²) >= 11 is 0. The first-order valence-electron chi connectivity index (χ1n) is 10.8. The fourth-order valence-corrected chi connectivity index (χ4v) is 7.32. The number of benzene rings is 1. The summed E-state index contributed by atoms with van der Waals surface area (Å²) in [7, 11) is 0. The smallest absolute Gasteiger partial charge is 0 e. The second kappa shape index (κ2) is 6.50. The predicted octanol–water partition coefficient (Wildman–Crippen LogP) is 7.43. The molecule has 27 heavy (non-hydrogen) atoms. The summed E-state index contributed by atoms with van der Waals surface area (Å²) in [6, 6.07) is 8.49. The van der Waals surface area contributed by atoms with Gasteiger partial charge in [0.2, 0.25) is 0 Å². The molecule has 0 saturated heterocycles. The molecule has 6 unspecified atom stereocenters. The third-order valence-electron chi connectivity index (χ3n) is 9.23. The van der Waals surface area contributed by atoms with Gasteiger partial charge in [0, 0.05) is 1.43 Å². The van der Waals surface area contributed by atoms with E-state index in [1.54, 1.807) is 0 Å². The summed E-state index contributed by atoms with van der Waals surface area (Å²) in [5.74, 6) is 6.06. The van der Waals surface area contributed by atoms with E-state index in [2.05, 4.69) is 89.4 Å². The Morgan fingerprint density at radius 2 is 1.41 bits per heavy atom. The third-order valence-corrected chi connectivity index (χ3v) is 9.23. The van der Waals surface area contributed by atoms with Crippen LogP contribution in [0.15, 0.2) is 55.7 Å². The van der Waals surface area contributed by atoms with Crippen LogP contribution in [-0.2, 0) is 6.42 Å². The number of allylic oxidation sites excluding steroid dienone is 3. The number of fused-ring (bicyclic) bond motifs is 10. The zero-order valence-corrected chi connectivity index (χ0v) is 17.6. The van der Waals surface area contributed by atoms with E-state index in [9.17, 15) is 0 Å². The summed E-state index contributed by atoms with van der Waals surface area (Å²) in [6.07, 6.45) is 13.6. The zero-order chi connectivity index (χ0) is 19.4. The number of hydrogen-bond acceptors (Lipinski definition) is 0. The molecule has 0 heteroatoms. The van der Waals surface area contributed by atoms with E-state index in [4.69, 9.17) is 0 Å². The predicted molar refractivity (Wildman–Crippen MR) is 119 cm³/mol. The van der Waals surface area contributed by atoms with Crippen molar-refractivity contribution in [2.75, 3.05) is 0 Å². The van der Waals surface area contributed by atoms with Gasteiger partial charge in [0.1, 0.15) is 0 Å². The van der Waals surface area contributed by atoms with Crippen LogP contribution in [0.4, 0.5) is 0 Å². The second-order valence-electron chi connectivity index (χ2n) is 10.3. The van der Waals surface area contributed by atoms with Crippen molar-refractivity contribution < 1.29 is 1.43 Å². The van der Waals surface area contributed by atoms with Gasteiger partial charge in [0.05, 0.1) is 0 Å². The largest absolute Gasteiger partial charge is 0.106 e. The molecule has 3 saturated carbocycles. The number of hydrogen-bond donors (Lipinski definition) is 0. The molecule has 3 fully saturated rings. The lowest BCUT2D eigenvalue weighted by molar-refractivity contribution is -0.0349. The molecule has 1 aromatic rings.